The fraction of sp³-hybridized carbons (Fsp3) is 0. The van der Waals surface area contributed by atoms with E-state index in [-0.39, 0.29) is 23.8 Å². The Balaban J connectivity index is 0.00000256. The number of guanidine groups is 1. The van der Waals surface area contributed by atoms with Crippen molar-refractivity contribution in [3.05, 3.63) is 24.3 Å². The van der Waals surface area contributed by atoms with E-state index in [1.165, 1.54) is 12.1 Å². The fourth-order valence-electron chi connectivity index (χ4n) is 1.05. The van der Waals surface area contributed by atoms with Crippen LogP contribution in [0.3, 0.4) is 0 Å². The molecular weight excluding hydrogens is 246 g/mol. The van der Waals surface area contributed by atoms with E-state index >= 15 is 0 Å². The van der Waals surface area contributed by atoms with Crippen molar-refractivity contribution in [2.45, 2.75) is 0 Å². The molecule has 0 aliphatic heterocycles. The monoisotopic (exact) mass is 258 g/mol. The van der Waals surface area contributed by atoms with E-state index in [4.69, 9.17) is 21.5 Å². The number of aliphatic imine (C=N–C) groups is 1. The molecule has 0 saturated carbocycles. The van der Waals surface area contributed by atoms with Gasteiger partial charge in [-0.25, -0.2) is 4.79 Å². The van der Waals surface area contributed by atoms with Crippen molar-refractivity contribution in [2.75, 3.05) is 5.32 Å². The van der Waals surface area contributed by atoms with Gasteiger partial charge in [0.2, 0.25) is 0 Å². The molecule has 0 unspecified atom stereocenters. The molecule has 92 valence electrons. The quantitative estimate of drug-likeness (QED) is 0.252. The molecule has 1 aromatic rings. The predicted molar refractivity (Wildman–Crippen MR) is 68.3 cm³/mol. The number of amides is 2. The molecule has 0 aliphatic rings. The summed E-state index contributed by atoms with van der Waals surface area (Å²) in [5, 5.41) is 20.2. The molecule has 0 spiro atoms. The van der Waals surface area contributed by atoms with Gasteiger partial charge in [-0.3, -0.25) is 0 Å². The summed E-state index contributed by atoms with van der Waals surface area (Å²) >= 11 is 0. The molecule has 0 heterocycles. The second-order valence-corrected chi connectivity index (χ2v) is 2.97. The van der Waals surface area contributed by atoms with Crippen LogP contribution in [0.1, 0.15) is 0 Å². The second kappa shape index (κ2) is 6.74. The van der Waals surface area contributed by atoms with E-state index in [1.54, 1.807) is 12.1 Å². The first-order valence-corrected chi connectivity index (χ1v) is 4.36. The number of hydrogen-bond acceptors (Lipinski definition) is 3. The summed E-state index contributed by atoms with van der Waals surface area (Å²) in [7, 11) is -1.60. The number of carbonyl (C=O) groups is 1. The maximum Gasteiger partial charge on any atom is 0.488 e. The van der Waals surface area contributed by atoms with Crippen molar-refractivity contribution < 1.29 is 14.8 Å². The first-order chi connectivity index (χ1) is 7.49. The average molecular weight is 258 g/mol. The molecule has 7 N–H and O–H groups in total. The van der Waals surface area contributed by atoms with Gasteiger partial charge < -0.3 is 26.8 Å². The highest BCUT2D eigenvalue weighted by Gasteiger charge is 2.11. The Kier molecular flexibility index (Phi) is 6.04. The van der Waals surface area contributed by atoms with E-state index < -0.39 is 13.1 Å². The molecule has 0 bridgehead atoms. The van der Waals surface area contributed by atoms with Gasteiger partial charge in [0.15, 0.2) is 5.96 Å². The SMILES string of the molecule is Cl.NC(N)=NC(=O)Nc1cccc(B(O)O)c1. The number of urea groups is 1. The zero-order valence-corrected chi connectivity index (χ0v) is 9.52. The van der Waals surface area contributed by atoms with Crippen LogP contribution < -0.4 is 22.2 Å². The molecular formula is C8H12BClN4O3. The van der Waals surface area contributed by atoms with Crippen molar-refractivity contribution in [3.63, 3.8) is 0 Å². The van der Waals surface area contributed by atoms with Crippen molar-refractivity contribution >= 4 is 42.7 Å². The van der Waals surface area contributed by atoms with E-state index in [0.29, 0.717) is 5.69 Å². The minimum atomic E-state index is -1.60. The zero-order chi connectivity index (χ0) is 12.1. The summed E-state index contributed by atoms with van der Waals surface area (Å²) in [6, 6.07) is 5.28. The number of carbonyl (C=O) groups excluding carboxylic acids is 1. The average Bonchev–Trinajstić information content (AvgIpc) is 2.16. The third kappa shape index (κ3) is 5.20. The Bertz CT molecular complexity index is 423. The number of anilines is 1. The Hall–Kier alpha value is -1.77. The second-order valence-electron chi connectivity index (χ2n) is 2.97. The van der Waals surface area contributed by atoms with Crippen LogP contribution >= 0.6 is 12.4 Å². The molecule has 7 nitrogen and oxygen atoms in total. The lowest BCUT2D eigenvalue weighted by Gasteiger charge is -2.04. The van der Waals surface area contributed by atoms with E-state index in [0.717, 1.165) is 0 Å². The topological polar surface area (TPSA) is 134 Å². The van der Waals surface area contributed by atoms with E-state index in [1.807, 2.05) is 0 Å². The molecule has 0 atom stereocenters. The van der Waals surface area contributed by atoms with E-state index in [9.17, 15) is 4.79 Å². The van der Waals surface area contributed by atoms with Crippen molar-refractivity contribution in [3.8, 4) is 0 Å². The van der Waals surface area contributed by atoms with Crippen LogP contribution in [0.25, 0.3) is 0 Å². The van der Waals surface area contributed by atoms with Gasteiger partial charge in [-0.2, -0.15) is 4.99 Å². The van der Waals surface area contributed by atoms with Gasteiger partial charge in [-0.05, 0) is 17.6 Å². The number of nitrogens with two attached hydrogens (primary N) is 2. The molecule has 1 aromatic carbocycles. The molecule has 9 heteroatoms. The van der Waals surface area contributed by atoms with Crippen LogP contribution in [0.5, 0.6) is 0 Å². The molecule has 0 aliphatic carbocycles. The molecule has 1 rings (SSSR count). The number of rotatable bonds is 2. The van der Waals surface area contributed by atoms with Gasteiger partial charge >= 0.3 is 13.1 Å². The maximum absolute atomic E-state index is 11.1. The highest BCUT2D eigenvalue weighted by Crippen LogP contribution is 2.04. The van der Waals surface area contributed by atoms with Crippen molar-refractivity contribution in [1.82, 2.24) is 0 Å². The van der Waals surface area contributed by atoms with Gasteiger partial charge in [0.05, 0.1) is 0 Å². The van der Waals surface area contributed by atoms with Crippen LogP contribution in [0, 0.1) is 0 Å². The summed E-state index contributed by atoms with van der Waals surface area (Å²) in [5.41, 5.74) is 10.6. The number of hydrogen-bond donors (Lipinski definition) is 5. The largest absolute Gasteiger partial charge is 0.488 e. The third-order valence-electron chi connectivity index (χ3n) is 1.67. The Morgan fingerprint density at radius 1 is 1.35 bits per heavy atom. The van der Waals surface area contributed by atoms with Gasteiger partial charge in [0.1, 0.15) is 0 Å². The summed E-state index contributed by atoms with van der Waals surface area (Å²) in [5.74, 6) is -0.351. The third-order valence-corrected chi connectivity index (χ3v) is 1.67. The normalized spacial score (nSPS) is 8.82. The van der Waals surface area contributed by atoms with Crippen molar-refractivity contribution in [1.29, 1.82) is 0 Å². The number of nitrogens with one attached hydrogen (secondary N) is 1. The van der Waals surface area contributed by atoms with Crippen LogP contribution in [0.4, 0.5) is 10.5 Å². The van der Waals surface area contributed by atoms with Crippen LogP contribution in [0.2, 0.25) is 0 Å². The summed E-state index contributed by atoms with van der Waals surface area (Å²) in [6.07, 6.45) is 0. The Labute approximate surface area is 104 Å². The standard InChI is InChI=1S/C8H11BN4O3.ClH/c10-7(11)13-8(14)12-6-3-1-2-5(4-6)9(15)16;/h1-4,15-16H,(H5,10,11,12,13,14);1H. The van der Waals surface area contributed by atoms with Crippen LogP contribution in [-0.4, -0.2) is 29.2 Å². The summed E-state index contributed by atoms with van der Waals surface area (Å²) in [4.78, 5) is 14.4. The van der Waals surface area contributed by atoms with Crippen LogP contribution in [-0.2, 0) is 0 Å². The first kappa shape index (κ1) is 15.2. The Morgan fingerprint density at radius 2 is 2.00 bits per heavy atom. The lowest BCUT2D eigenvalue weighted by atomic mass is 9.80. The lowest BCUT2D eigenvalue weighted by molar-refractivity contribution is 0.259. The highest BCUT2D eigenvalue weighted by molar-refractivity contribution is 6.58. The van der Waals surface area contributed by atoms with Crippen LogP contribution in [0.15, 0.2) is 29.3 Å². The zero-order valence-electron chi connectivity index (χ0n) is 8.70. The van der Waals surface area contributed by atoms with Gasteiger partial charge in [-0.15, -0.1) is 12.4 Å². The maximum atomic E-state index is 11.1. The van der Waals surface area contributed by atoms with E-state index in [2.05, 4.69) is 10.3 Å². The molecule has 0 saturated heterocycles. The summed E-state index contributed by atoms with van der Waals surface area (Å²) < 4.78 is 0. The van der Waals surface area contributed by atoms with Crippen molar-refractivity contribution in [2.24, 2.45) is 16.5 Å². The highest BCUT2D eigenvalue weighted by atomic mass is 35.5. The van der Waals surface area contributed by atoms with Gasteiger partial charge in [0.25, 0.3) is 0 Å². The molecule has 2 amide bonds. The van der Waals surface area contributed by atoms with Gasteiger partial charge in [-0.1, -0.05) is 12.1 Å². The molecule has 17 heavy (non-hydrogen) atoms. The first-order valence-electron chi connectivity index (χ1n) is 4.36. The minimum Gasteiger partial charge on any atom is -0.423 e. The predicted octanol–water partition coefficient (Wildman–Crippen LogP) is -1.41. The lowest BCUT2D eigenvalue weighted by Crippen LogP contribution is -2.30. The molecule has 0 fully saturated rings. The number of halogens is 1. The number of nitrogens with zero attached hydrogens (tertiary/aromatic N) is 1. The minimum absolute atomic E-state index is 0. The molecule has 0 aromatic heterocycles. The smallest absolute Gasteiger partial charge is 0.423 e. The fourth-order valence-corrected chi connectivity index (χ4v) is 1.05. The molecule has 0 radical (unpaired) electrons. The Morgan fingerprint density at radius 3 is 2.53 bits per heavy atom. The number of benzene rings is 1. The summed E-state index contributed by atoms with van der Waals surface area (Å²) in [6.45, 7) is 0. The van der Waals surface area contributed by atoms with Gasteiger partial charge in [0, 0.05) is 5.69 Å².